The molecule has 1 aliphatic rings. The van der Waals surface area contributed by atoms with Crippen LogP contribution in [-0.2, 0) is 0 Å². The number of anilines is 4. The van der Waals surface area contributed by atoms with Gasteiger partial charge in [0.1, 0.15) is 17.6 Å². The van der Waals surface area contributed by atoms with Gasteiger partial charge in [0.15, 0.2) is 11.5 Å². The zero-order valence-electron chi connectivity index (χ0n) is 20.8. The summed E-state index contributed by atoms with van der Waals surface area (Å²) in [5, 5.41) is 7.24. The molecule has 1 aliphatic carbocycles. The first-order chi connectivity index (χ1) is 17.4. The molecule has 1 saturated carbocycles. The van der Waals surface area contributed by atoms with E-state index < -0.39 is 0 Å². The highest BCUT2D eigenvalue weighted by atomic mass is 16.5. The molecule has 5 rings (SSSR count). The zero-order valence-corrected chi connectivity index (χ0v) is 20.8. The first kappa shape index (κ1) is 23.6. The number of fused-ring (bicyclic) bond motifs is 1. The van der Waals surface area contributed by atoms with Gasteiger partial charge in [0.05, 0.1) is 7.11 Å². The Kier molecular flexibility index (Phi) is 6.47. The number of ether oxygens (including phenoxy) is 2. The number of nitrogens with one attached hydrogen (secondary N) is 3. The summed E-state index contributed by atoms with van der Waals surface area (Å²) in [4.78, 5) is 26.5. The Morgan fingerprint density at radius 1 is 1.06 bits per heavy atom. The predicted octanol–water partition coefficient (Wildman–Crippen LogP) is 5.33. The Labute approximate surface area is 214 Å². The maximum Gasteiger partial charge on any atom is 0.272 e. The van der Waals surface area contributed by atoms with Crippen LogP contribution < -0.4 is 25.7 Å². The molecule has 0 amide bonds. The maximum absolute atomic E-state index is 12.5. The molecule has 0 spiro atoms. The summed E-state index contributed by atoms with van der Waals surface area (Å²) in [6.45, 7) is 2.02. The molecule has 1 fully saturated rings. The van der Waals surface area contributed by atoms with Crippen LogP contribution in [0.5, 0.6) is 11.5 Å². The Morgan fingerprint density at radius 2 is 1.89 bits per heavy atom. The smallest absolute Gasteiger partial charge is 0.272 e. The summed E-state index contributed by atoms with van der Waals surface area (Å²) in [5.41, 5.74) is 2.86. The number of rotatable bonds is 8. The summed E-state index contributed by atoms with van der Waals surface area (Å²) >= 11 is 0. The third kappa shape index (κ3) is 5.11. The van der Waals surface area contributed by atoms with Gasteiger partial charge in [0.25, 0.3) is 5.56 Å². The minimum absolute atomic E-state index is 0. The van der Waals surface area contributed by atoms with Crippen molar-refractivity contribution >= 4 is 34.0 Å². The second kappa shape index (κ2) is 9.87. The summed E-state index contributed by atoms with van der Waals surface area (Å²) in [5.74, 6) is 2.24. The highest BCUT2D eigenvalue weighted by Gasteiger charge is 2.32. The van der Waals surface area contributed by atoms with Gasteiger partial charge in [-0.15, -0.1) is 0 Å². The quantitative estimate of drug-likeness (QED) is 0.303. The first-order valence-corrected chi connectivity index (χ1v) is 11.9. The number of aromatic nitrogens is 3. The number of hydrogen-bond acceptors (Lipinski definition) is 8. The van der Waals surface area contributed by atoms with Gasteiger partial charge in [-0.25, -0.2) is 4.98 Å². The fourth-order valence-electron chi connectivity index (χ4n) is 4.25. The molecule has 36 heavy (non-hydrogen) atoms. The third-order valence-electron chi connectivity index (χ3n) is 6.43. The molecule has 0 radical (unpaired) electrons. The van der Waals surface area contributed by atoms with E-state index in [-0.39, 0.29) is 15.9 Å². The lowest BCUT2D eigenvalue weighted by Crippen LogP contribution is -2.46. The van der Waals surface area contributed by atoms with E-state index in [9.17, 15) is 4.79 Å². The molecule has 0 atom stereocenters. The van der Waals surface area contributed by atoms with Gasteiger partial charge in [-0.05, 0) is 70.3 Å². The van der Waals surface area contributed by atoms with E-state index in [2.05, 4.69) is 44.6 Å². The lowest BCUT2D eigenvalue weighted by Gasteiger charge is -2.39. The van der Waals surface area contributed by atoms with Crippen LogP contribution in [0.1, 0.15) is 22.7 Å². The number of pyridine rings is 1. The molecule has 2 heterocycles. The fourth-order valence-corrected chi connectivity index (χ4v) is 4.25. The van der Waals surface area contributed by atoms with Crippen molar-refractivity contribution < 1.29 is 13.8 Å². The molecule has 2 aromatic heterocycles. The molecule has 0 bridgehead atoms. The lowest BCUT2D eigenvalue weighted by atomic mass is 9.88. The molecular weight excluding hydrogens is 456 g/mol. The van der Waals surface area contributed by atoms with Gasteiger partial charge in [0, 0.05) is 39.2 Å². The molecule has 4 aromatic rings. The van der Waals surface area contributed by atoms with Crippen LogP contribution in [-0.4, -0.2) is 53.2 Å². The van der Waals surface area contributed by atoms with E-state index in [0.717, 1.165) is 35.0 Å². The van der Waals surface area contributed by atoms with Crippen LogP contribution in [0.2, 0.25) is 0 Å². The maximum atomic E-state index is 12.5. The minimum Gasteiger partial charge on any atom is -0.493 e. The van der Waals surface area contributed by atoms with Gasteiger partial charge in [-0.3, -0.25) is 4.79 Å². The Morgan fingerprint density at radius 3 is 2.67 bits per heavy atom. The van der Waals surface area contributed by atoms with Crippen LogP contribution in [0.3, 0.4) is 0 Å². The minimum atomic E-state index is -0.219. The van der Waals surface area contributed by atoms with E-state index >= 15 is 0 Å². The molecule has 0 aliphatic heterocycles. The van der Waals surface area contributed by atoms with Gasteiger partial charge in [-0.1, -0.05) is 11.6 Å². The highest BCUT2D eigenvalue weighted by molar-refractivity contribution is 5.83. The van der Waals surface area contributed by atoms with Gasteiger partial charge in [-0.2, -0.15) is 4.98 Å². The van der Waals surface area contributed by atoms with Crippen molar-refractivity contribution in [2.45, 2.75) is 31.9 Å². The van der Waals surface area contributed by atoms with Crippen LogP contribution >= 0.6 is 0 Å². The van der Waals surface area contributed by atoms with E-state index in [4.69, 9.17) is 9.47 Å². The Hall–Kier alpha value is -4.11. The summed E-state index contributed by atoms with van der Waals surface area (Å²) in [6, 6.07) is 15.6. The van der Waals surface area contributed by atoms with Crippen LogP contribution in [0.25, 0.3) is 10.9 Å². The number of aryl methyl sites for hydroxylation is 1. The van der Waals surface area contributed by atoms with E-state index in [1.807, 2.05) is 49.4 Å². The number of benzene rings is 2. The van der Waals surface area contributed by atoms with Crippen LogP contribution in [0, 0.1) is 6.92 Å². The van der Waals surface area contributed by atoms with Crippen LogP contribution in [0.15, 0.2) is 59.5 Å². The molecule has 2 aromatic carbocycles. The first-order valence-electron chi connectivity index (χ1n) is 11.9. The monoisotopic (exact) mass is 492 g/mol. The molecule has 9 heteroatoms. The third-order valence-corrected chi connectivity index (χ3v) is 6.43. The van der Waals surface area contributed by atoms with Crippen molar-refractivity contribution in [2.75, 3.05) is 31.8 Å². The normalized spacial score (nSPS) is 17.0. The van der Waals surface area contributed by atoms with Gasteiger partial charge >= 0.3 is 0 Å². The van der Waals surface area contributed by atoms with Gasteiger partial charge < -0.3 is 30.0 Å². The van der Waals surface area contributed by atoms with E-state index in [1.54, 1.807) is 19.4 Å². The predicted molar refractivity (Wildman–Crippen MR) is 148 cm³/mol. The molecule has 0 saturated heterocycles. The Bertz CT molecular complexity index is 1460. The molecule has 9 nitrogen and oxygen atoms in total. The largest absolute Gasteiger partial charge is 0.493 e. The number of aromatic amines is 1. The number of nitrogens with zero attached hydrogens (tertiary/aromatic N) is 3. The van der Waals surface area contributed by atoms with Crippen molar-refractivity contribution in [1.82, 2.24) is 19.9 Å². The standard InChI is InChI=1S/C27H30N6O3.3H2/c1-16-5-7-21-17(11-16)12-22(26(34)31-21)30-25-9-10-28-27(32-25)29-18-6-8-23(24(13-18)35-4)36-20-14-19(15-20)33(2)3;;;/h5-13,19-20H,14-15H2,1-4H3,(H,31,34)(H2,28,29,30,32);3*1H. The number of methoxy groups -OCH3 is 1. The lowest BCUT2D eigenvalue weighted by molar-refractivity contribution is 0.0383. The second-order valence-electron chi connectivity index (χ2n) is 9.31. The van der Waals surface area contributed by atoms with E-state index in [0.29, 0.717) is 35.0 Å². The van der Waals surface area contributed by atoms with Crippen molar-refractivity contribution in [3.05, 3.63) is 70.6 Å². The molecular formula is C27H36N6O3. The highest BCUT2D eigenvalue weighted by Crippen LogP contribution is 2.36. The molecule has 3 N–H and O–H groups in total. The van der Waals surface area contributed by atoms with Crippen LogP contribution in [0.4, 0.5) is 23.1 Å². The average Bonchev–Trinajstić information content (AvgIpc) is 2.82. The average molecular weight is 493 g/mol. The fraction of sp³-hybridized carbons (Fsp3) is 0.296. The zero-order chi connectivity index (χ0) is 25.2. The number of H-pyrrole nitrogens is 1. The summed E-state index contributed by atoms with van der Waals surface area (Å²) in [7, 11) is 5.81. The van der Waals surface area contributed by atoms with Crippen molar-refractivity contribution in [3.63, 3.8) is 0 Å². The van der Waals surface area contributed by atoms with Crippen molar-refractivity contribution in [1.29, 1.82) is 0 Å². The SMILES string of the molecule is COc1cc(Nc2nccc(Nc3cc4cc(C)ccc4[nH]c3=O)n2)ccc1OC1CC(N(C)C)C1.[HH].[HH].[HH]. The number of hydrogen-bond donors (Lipinski definition) is 3. The molecule has 0 unspecified atom stereocenters. The van der Waals surface area contributed by atoms with E-state index in [1.165, 1.54) is 0 Å². The topological polar surface area (TPSA) is 104 Å². The molecule has 192 valence electrons. The summed E-state index contributed by atoms with van der Waals surface area (Å²) < 4.78 is 11.7. The van der Waals surface area contributed by atoms with Crippen molar-refractivity contribution in [3.8, 4) is 11.5 Å². The summed E-state index contributed by atoms with van der Waals surface area (Å²) in [6.07, 6.45) is 3.83. The second-order valence-corrected chi connectivity index (χ2v) is 9.31. The van der Waals surface area contributed by atoms with Crippen molar-refractivity contribution in [2.24, 2.45) is 0 Å². The van der Waals surface area contributed by atoms with Gasteiger partial charge in [0.2, 0.25) is 5.95 Å². The Balaban J connectivity index is 0.00000178.